The SMILES string of the molecule is C[C@@H]1C=C[C@@H]2COC(=O)C2=C[C@@H]1c1ccccc1. The summed E-state index contributed by atoms with van der Waals surface area (Å²) in [6.45, 7) is 2.69. The van der Waals surface area contributed by atoms with E-state index in [0.717, 1.165) is 5.57 Å². The molecule has 92 valence electrons. The molecule has 0 radical (unpaired) electrons. The van der Waals surface area contributed by atoms with Crippen molar-refractivity contribution in [3.63, 3.8) is 0 Å². The quantitative estimate of drug-likeness (QED) is 0.557. The van der Waals surface area contributed by atoms with Gasteiger partial charge in [-0.25, -0.2) is 4.79 Å². The number of rotatable bonds is 1. The number of carbonyl (C=O) groups excluding carboxylic acids is 1. The highest BCUT2D eigenvalue weighted by molar-refractivity contribution is 5.91. The van der Waals surface area contributed by atoms with Gasteiger partial charge in [-0.2, -0.15) is 0 Å². The summed E-state index contributed by atoms with van der Waals surface area (Å²) < 4.78 is 5.12. The third-order valence-electron chi connectivity index (χ3n) is 3.79. The smallest absolute Gasteiger partial charge is 0.334 e. The predicted molar refractivity (Wildman–Crippen MR) is 70.0 cm³/mol. The van der Waals surface area contributed by atoms with Crippen molar-refractivity contribution in [2.24, 2.45) is 11.8 Å². The molecule has 1 aromatic rings. The normalized spacial score (nSPS) is 30.4. The predicted octanol–water partition coefficient (Wildman–Crippen LogP) is 3.08. The minimum atomic E-state index is -0.153. The average molecular weight is 240 g/mol. The van der Waals surface area contributed by atoms with Crippen LogP contribution in [0.2, 0.25) is 0 Å². The van der Waals surface area contributed by atoms with Gasteiger partial charge < -0.3 is 4.74 Å². The molecule has 3 rings (SSSR count). The second-order valence-corrected chi connectivity index (χ2v) is 5.01. The Morgan fingerprint density at radius 1 is 1.17 bits per heavy atom. The lowest BCUT2D eigenvalue weighted by molar-refractivity contribution is -0.135. The van der Waals surface area contributed by atoms with Crippen molar-refractivity contribution in [3.05, 3.63) is 59.7 Å². The molecule has 1 saturated heterocycles. The Morgan fingerprint density at radius 3 is 2.72 bits per heavy atom. The topological polar surface area (TPSA) is 26.3 Å². The maximum atomic E-state index is 11.7. The minimum Gasteiger partial charge on any atom is -0.461 e. The van der Waals surface area contributed by atoms with Gasteiger partial charge in [0.2, 0.25) is 0 Å². The summed E-state index contributed by atoms with van der Waals surface area (Å²) in [7, 11) is 0. The summed E-state index contributed by atoms with van der Waals surface area (Å²) >= 11 is 0. The van der Waals surface area contributed by atoms with Crippen LogP contribution >= 0.6 is 0 Å². The summed E-state index contributed by atoms with van der Waals surface area (Å²) in [5, 5.41) is 0. The molecule has 0 aromatic heterocycles. The number of benzene rings is 1. The van der Waals surface area contributed by atoms with Crippen molar-refractivity contribution >= 4 is 5.97 Å². The molecule has 2 nitrogen and oxygen atoms in total. The molecule has 18 heavy (non-hydrogen) atoms. The van der Waals surface area contributed by atoms with Crippen LogP contribution in [0.4, 0.5) is 0 Å². The van der Waals surface area contributed by atoms with E-state index in [-0.39, 0.29) is 17.8 Å². The zero-order valence-corrected chi connectivity index (χ0v) is 10.4. The third kappa shape index (κ3) is 1.88. The van der Waals surface area contributed by atoms with E-state index in [1.807, 2.05) is 18.2 Å². The van der Waals surface area contributed by atoms with Crippen LogP contribution in [0.5, 0.6) is 0 Å². The Kier molecular flexibility index (Phi) is 2.78. The number of hydrogen-bond acceptors (Lipinski definition) is 2. The van der Waals surface area contributed by atoms with E-state index in [1.54, 1.807) is 0 Å². The maximum absolute atomic E-state index is 11.7. The Morgan fingerprint density at radius 2 is 1.94 bits per heavy atom. The Hall–Kier alpha value is -1.83. The molecule has 2 aliphatic rings. The van der Waals surface area contributed by atoms with E-state index in [9.17, 15) is 4.79 Å². The van der Waals surface area contributed by atoms with E-state index in [0.29, 0.717) is 12.5 Å². The van der Waals surface area contributed by atoms with E-state index in [1.165, 1.54) is 5.56 Å². The zero-order valence-electron chi connectivity index (χ0n) is 10.4. The van der Waals surface area contributed by atoms with E-state index in [2.05, 4.69) is 37.3 Å². The van der Waals surface area contributed by atoms with Gasteiger partial charge in [0.25, 0.3) is 0 Å². The molecule has 0 unspecified atom stereocenters. The fourth-order valence-corrected chi connectivity index (χ4v) is 2.69. The highest BCUT2D eigenvalue weighted by Gasteiger charge is 2.32. The molecular formula is C16H16O2. The molecule has 1 fully saturated rings. The molecule has 0 spiro atoms. The molecule has 1 heterocycles. The molecule has 3 atom stereocenters. The largest absolute Gasteiger partial charge is 0.461 e. The van der Waals surface area contributed by atoms with Crippen LogP contribution in [0, 0.1) is 11.8 Å². The van der Waals surface area contributed by atoms with Gasteiger partial charge in [-0.1, -0.05) is 55.5 Å². The number of esters is 1. The molecular weight excluding hydrogens is 224 g/mol. The van der Waals surface area contributed by atoms with Crippen LogP contribution in [0.15, 0.2) is 54.1 Å². The van der Waals surface area contributed by atoms with Crippen molar-refractivity contribution in [2.75, 3.05) is 6.61 Å². The first-order valence-corrected chi connectivity index (χ1v) is 6.38. The van der Waals surface area contributed by atoms with Crippen molar-refractivity contribution in [3.8, 4) is 0 Å². The number of ether oxygens (including phenoxy) is 1. The second kappa shape index (κ2) is 4.45. The van der Waals surface area contributed by atoms with Crippen LogP contribution in [-0.2, 0) is 9.53 Å². The highest BCUT2D eigenvalue weighted by Crippen LogP contribution is 2.35. The van der Waals surface area contributed by atoms with Gasteiger partial charge in [-0.3, -0.25) is 0 Å². The van der Waals surface area contributed by atoms with Crippen molar-refractivity contribution in [2.45, 2.75) is 12.8 Å². The zero-order chi connectivity index (χ0) is 12.5. The van der Waals surface area contributed by atoms with Crippen LogP contribution < -0.4 is 0 Å². The molecule has 0 N–H and O–H groups in total. The maximum Gasteiger partial charge on any atom is 0.334 e. The number of allylic oxidation sites excluding steroid dienone is 2. The molecule has 1 aromatic carbocycles. The molecule has 0 bridgehead atoms. The van der Waals surface area contributed by atoms with Gasteiger partial charge in [0.05, 0.1) is 0 Å². The van der Waals surface area contributed by atoms with Crippen LogP contribution in [-0.4, -0.2) is 12.6 Å². The van der Waals surface area contributed by atoms with Crippen molar-refractivity contribution < 1.29 is 9.53 Å². The summed E-state index contributed by atoms with van der Waals surface area (Å²) in [5.74, 6) is 0.653. The average Bonchev–Trinajstić information content (AvgIpc) is 2.65. The number of carbonyl (C=O) groups is 1. The van der Waals surface area contributed by atoms with Gasteiger partial charge in [0.15, 0.2) is 0 Å². The van der Waals surface area contributed by atoms with Gasteiger partial charge in [-0.15, -0.1) is 0 Å². The lowest BCUT2D eigenvalue weighted by Gasteiger charge is -2.17. The van der Waals surface area contributed by atoms with Crippen molar-refractivity contribution in [1.82, 2.24) is 0 Å². The van der Waals surface area contributed by atoms with E-state index in [4.69, 9.17) is 4.74 Å². The van der Waals surface area contributed by atoms with Crippen LogP contribution in [0.25, 0.3) is 0 Å². The molecule has 1 aliphatic heterocycles. The van der Waals surface area contributed by atoms with Gasteiger partial charge in [-0.05, 0) is 11.5 Å². The lowest BCUT2D eigenvalue weighted by atomic mass is 9.86. The summed E-state index contributed by atoms with van der Waals surface area (Å²) in [6, 6.07) is 10.3. The van der Waals surface area contributed by atoms with E-state index < -0.39 is 0 Å². The van der Waals surface area contributed by atoms with E-state index >= 15 is 0 Å². The Labute approximate surface area is 107 Å². The number of hydrogen-bond donors (Lipinski definition) is 0. The standard InChI is InChI=1S/C16H16O2/c1-11-7-8-13-10-18-16(17)15(13)9-14(11)12-5-3-2-4-6-12/h2-9,11,13-14H,10H2,1H3/t11-,13-,14+/m1/s1. The number of cyclic esters (lactones) is 1. The highest BCUT2D eigenvalue weighted by atomic mass is 16.5. The summed E-state index contributed by atoms with van der Waals surface area (Å²) in [5.41, 5.74) is 2.08. The lowest BCUT2D eigenvalue weighted by Crippen LogP contribution is -2.06. The third-order valence-corrected chi connectivity index (χ3v) is 3.79. The fourth-order valence-electron chi connectivity index (χ4n) is 2.69. The van der Waals surface area contributed by atoms with Gasteiger partial charge in [0, 0.05) is 17.4 Å². The minimum absolute atomic E-state index is 0.147. The first kappa shape index (κ1) is 11.3. The van der Waals surface area contributed by atoms with Gasteiger partial charge >= 0.3 is 5.97 Å². The molecule has 1 aliphatic carbocycles. The first-order valence-electron chi connectivity index (χ1n) is 6.38. The Balaban J connectivity index is 2.03. The summed E-state index contributed by atoms with van der Waals surface area (Å²) in [6.07, 6.45) is 6.41. The fraction of sp³-hybridized carbons (Fsp3) is 0.312. The number of fused-ring (bicyclic) bond motifs is 1. The van der Waals surface area contributed by atoms with Crippen molar-refractivity contribution in [1.29, 1.82) is 0 Å². The van der Waals surface area contributed by atoms with Crippen LogP contribution in [0.3, 0.4) is 0 Å². The molecule has 2 heteroatoms. The summed E-state index contributed by atoms with van der Waals surface area (Å²) in [4.78, 5) is 11.7. The Bertz CT molecular complexity index is 513. The molecule has 0 amide bonds. The first-order chi connectivity index (χ1) is 8.75. The van der Waals surface area contributed by atoms with Crippen LogP contribution in [0.1, 0.15) is 18.4 Å². The van der Waals surface area contributed by atoms with Gasteiger partial charge in [0.1, 0.15) is 6.61 Å². The monoisotopic (exact) mass is 240 g/mol. The molecule has 0 saturated carbocycles. The second-order valence-electron chi connectivity index (χ2n) is 5.01.